The van der Waals surface area contributed by atoms with Crippen LogP contribution in [0.15, 0.2) is 129 Å². The molecule has 2 aromatic heterocycles. The minimum atomic E-state index is 0.817. The van der Waals surface area contributed by atoms with E-state index in [1.807, 2.05) is 88.4 Å². The second-order valence-corrected chi connectivity index (χ2v) is 13.5. The van der Waals surface area contributed by atoms with Crippen LogP contribution in [0.4, 0.5) is 22.7 Å². The number of para-hydroxylation sites is 2. The molecule has 272 valence electrons. The lowest BCUT2D eigenvalue weighted by atomic mass is 10.0. The fourth-order valence-electron chi connectivity index (χ4n) is 6.79. The molecule has 0 fully saturated rings. The van der Waals surface area contributed by atoms with Crippen molar-refractivity contribution in [2.45, 2.75) is 81.1 Å². The second-order valence-electron chi connectivity index (χ2n) is 13.5. The summed E-state index contributed by atoms with van der Waals surface area (Å²) in [7, 11) is 0. The normalized spacial score (nSPS) is 12.8. The summed E-state index contributed by atoms with van der Waals surface area (Å²) in [6.45, 7) is 16.8. The molecule has 6 aromatic rings. The fourth-order valence-corrected chi connectivity index (χ4v) is 6.79. The number of benzene rings is 4. The van der Waals surface area contributed by atoms with Gasteiger partial charge in [-0.15, -0.1) is 0 Å². The molecule has 0 radical (unpaired) electrons. The van der Waals surface area contributed by atoms with Gasteiger partial charge in [0.05, 0.1) is 68.4 Å². The average Bonchev–Trinajstić information content (AvgIpc) is 3.21. The number of fused-ring (bicyclic) bond motifs is 1. The van der Waals surface area contributed by atoms with Crippen LogP contribution in [-0.4, -0.2) is 32.8 Å². The Morgan fingerprint density at radius 1 is 0.370 bits per heavy atom. The summed E-state index contributed by atoms with van der Waals surface area (Å²) in [4.78, 5) is 30.4. The molecule has 0 saturated carbocycles. The number of aryl methyl sites for hydroxylation is 4. The lowest BCUT2D eigenvalue weighted by molar-refractivity contribution is 1.08. The standard InChI is InChI=1S/C48H50N6/c1-9-35-19-13-20-36(10-2)47(35)51-33(7)43-27-17-25-41(53-43)31(5)49-45-29-15-24-40-39(45)23-16-30-46(40)50-32(6)42-26-18-28-44(54-42)34(8)52-48-37(11-3)21-14-22-38(48)12-4/h13-30H,9-12H2,1-8H3. The van der Waals surface area contributed by atoms with Gasteiger partial charge in [-0.1, -0.05) is 100 Å². The smallest absolute Gasteiger partial charge is 0.0849 e. The molecule has 4 aromatic carbocycles. The van der Waals surface area contributed by atoms with Gasteiger partial charge in [-0.25, -0.2) is 9.97 Å². The van der Waals surface area contributed by atoms with Gasteiger partial charge in [0.15, 0.2) is 0 Å². The molecule has 6 heteroatoms. The summed E-state index contributed by atoms with van der Waals surface area (Å²) in [6.07, 6.45) is 3.74. The van der Waals surface area contributed by atoms with Gasteiger partial charge in [-0.05, 0) is 112 Å². The summed E-state index contributed by atoms with van der Waals surface area (Å²) >= 11 is 0. The van der Waals surface area contributed by atoms with Crippen molar-refractivity contribution in [2.24, 2.45) is 20.0 Å². The van der Waals surface area contributed by atoms with E-state index in [9.17, 15) is 0 Å². The van der Waals surface area contributed by atoms with E-state index in [4.69, 9.17) is 29.9 Å². The summed E-state index contributed by atoms with van der Waals surface area (Å²) in [6, 6.07) is 37.4. The number of aromatic nitrogens is 2. The Bertz CT molecular complexity index is 2220. The molecule has 0 unspecified atom stereocenters. The van der Waals surface area contributed by atoms with E-state index in [2.05, 4.69) is 76.2 Å². The predicted octanol–water partition coefficient (Wildman–Crippen LogP) is 12.4. The van der Waals surface area contributed by atoms with E-state index < -0.39 is 0 Å². The zero-order valence-electron chi connectivity index (χ0n) is 32.9. The number of aliphatic imine (C=N–C) groups is 4. The third kappa shape index (κ3) is 8.34. The first-order chi connectivity index (χ1) is 26.2. The minimum Gasteiger partial charge on any atom is -0.251 e. The molecule has 0 aliphatic heterocycles. The van der Waals surface area contributed by atoms with Crippen LogP contribution in [0.3, 0.4) is 0 Å². The van der Waals surface area contributed by atoms with Crippen molar-refractivity contribution >= 4 is 56.4 Å². The molecule has 54 heavy (non-hydrogen) atoms. The van der Waals surface area contributed by atoms with Crippen LogP contribution in [0.2, 0.25) is 0 Å². The lowest BCUT2D eigenvalue weighted by Gasteiger charge is -2.11. The number of pyridine rings is 2. The molecule has 6 nitrogen and oxygen atoms in total. The predicted molar refractivity (Wildman–Crippen MR) is 230 cm³/mol. The van der Waals surface area contributed by atoms with Crippen molar-refractivity contribution < 1.29 is 0 Å². The van der Waals surface area contributed by atoms with E-state index in [1.54, 1.807) is 0 Å². The molecule has 0 bridgehead atoms. The topological polar surface area (TPSA) is 75.2 Å². The fraction of sp³-hybridized carbons (Fsp3) is 0.250. The van der Waals surface area contributed by atoms with Crippen molar-refractivity contribution in [1.29, 1.82) is 0 Å². The maximum Gasteiger partial charge on any atom is 0.0849 e. The van der Waals surface area contributed by atoms with Crippen LogP contribution in [-0.2, 0) is 25.7 Å². The van der Waals surface area contributed by atoms with Crippen molar-refractivity contribution in [2.75, 3.05) is 0 Å². The highest BCUT2D eigenvalue weighted by Gasteiger charge is 2.12. The molecule has 0 amide bonds. The quantitative estimate of drug-likeness (QED) is 0.119. The van der Waals surface area contributed by atoms with Crippen LogP contribution >= 0.6 is 0 Å². The molecule has 0 spiro atoms. The molecule has 2 heterocycles. The Labute approximate surface area is 320 Å². The molecule has 0 N–H and O–H groups in total. The zero-order chi connectivity index (χ0) is 38.2. The summed E-state index contributed by atoms with van der Waals surface area (Å²) in [5.41, 5.74) is 15.6. The average molecular weight is 711 g/mol. The molecule has 0 atom stereocenters. The summed E-state index contributed by atoms with van der Waals surface area (Å²) in [5, 5.41) is 2.04. The van der Waals surface area contributed by atoms with Crippen LogP contribution in [0.25, 0.3) is 10.8 Å². The van der Waals surface area contributed by atoms with Gasteiger partial charge >= 0.3 is 0 Å². The first-order valence-electron chi connectivity index (χ1n) is 19.1. The van der Waals surface area contributed by atoms with E-state index in [0.29, 0.717) is 0 Å². The van der Waals surface area contributed by atoms with Crippen LogP contribution in [0, 0.1) is 0 Å². The van der Waals surface area contributed by atoms with Gasteiger partial charge in [0.2, 0.25) is 0 Å². The number of hydrogen-bond acceptors (Lipinski definition) is 6. The maximum atomic E-state index is 5.11. The summed E-state index contributed by atoms with van der Waals surface area (Å²) < 4.78 is 0. The Morgan fingerprint density at radius 2 is 0.648 bits per heavy atom. The largest absolute Gasteiger partial charge is 0.251 e. The number of nitrogens with zero attached hydrogens (tertiary/aromatic N) is 6. The monoisotopic (exact) mass is 710 g/mol. The van der Waals surface area contributed by atoms with Crippen LogP contribution in [0.1, 0.15) is 100 Å². The molecule has 6 rings (SSSR count). The molecule has 0 saturated heterocycles. The summed E-state index contributed by atoms with van der Waals surface area (Å²) in [5.74, 6) is 0. The maximum absolute atomic E-state index is 5.11. The van der Waals surface area contributed by atoms with Crippen LogP contribution in [0.5, 0.6) is 0 Å². The zero-order valence-corrected chi connectivity index (χ0v) is 32.9. The van der Waals surface area contributed by atoms with Crippen molar-refractivity contribution in [3.8, 4) is 0 Å². The third-order valence-electron chi connectivity index (χ3n) is 9.92. The van der Waals surface area contributed by atoms with E-state index >= 15 is 0 Å². The van der Waals surface area contributed by atoms with Crippen molar-refractivity contribution in [3.63, 3.8) is 0 Å². The highest BCUT2D eigenvalue weighted by molar-refractivity contribution is 6.08. The molecule has 0 aliphatic rings. The minimum absolute atomic E-state index is 0.817. The second kappa shape index (κ2) is 17.3. The van der Waals surface area contributed by atoms with Crippen LogP contribution < -0.4 is 0 Å². The van der Waals surface area contributed by atoms with Gasteiger partial charge in [0.25, 0.3) is 0 Å². The number of hydrogen-bond donors (Lipinski definition) is 0. The van der Waals surface area contributed by atoms with Gasteiger partial charge in [0.1, 0.15) is 0 Å². The highest BCUT2D eigenvalue weighted by atomic mass is 14.9. The Kier molecular flexibility index (Phi) is 12.1. The van der Waals surface area contributed by atoms with Gasteiger partial charge in [-0.2, -0.15) is 0 Å². The van der Waals surface area contributed by atoms with Gasteiger partial charge < -0.3 is 0 Å². The SMILES string of the molecule is CCc1cccc(CC)c1N=C(C)c1cccc(C(C)=Nc2cccc3c(N=C(C)c4cccc(C(C)=Nc5c(CC)cccc5CC)n4)cccc23)n1. The molecular weight excluding hydrogens is 661 g/mol. The Balaban J connectivity index is 1.30. The van der Waals surface area contributed by atoms with Gasteiger partial charge in [0, 0.05) is 10.8 Å². The first-order valence-corrected chi connectivity index (χ1v) is 19.1. The number of rotatable bonds is 12. The Morgan fingerprint density at radius 3 is 0.963 bits per heavy atom. The van der Waals surface area contributed by atoms with E-state index in [1.165, 1.54) is 22.3 Å². The first kappa shape index (κ1) is 37.9. The molecular formula is C48H50N6. The van der Waals surface area contributed by atoms with Gasteiger partial charge in [-0.3, -0.25) is 20.0 Å². The van der Waals surface area contributed by atoms with Crippen molar-refractivity contribution in [3.05, 3.63) is 154 Å². The third-order valence-corrected chi connectivity index (χ3v) is 9.92. The highest BCUT2D eigenvalue weighted by Crippen LogP contribution is 2.34. The van der Waals surface area contributed by atoms with E-state index in [-0.39, 0.29) is 0 Å². The van der Waals surface area contributed by atoms with Crippen molar-refractivity contribution in [1.82, 2.24) is 9.97 Å². The Hall–Kier alpha value is -5.88. The lowest BCUT2D eigenvalue weighted by Crippen LogP contribution is -2.05. The molecule has 0 aliphatic carbocycles. The van der Waals surface area contributed by atoms with E-state index in [0.717, 1.165) is 105 Å².